The number of aromatic nitrogens is 3. The zero-order valence-corrected chi connectivity index (χ0v) is 17.5. The van der Waals surface area contributed by atoms with Crippen LogP contribution in [0.15, 0.2) is 41.8 Å². The molecule has 0 radical (unpaired) electrons. The molecular formula is C21H25N3O3S. The summed E-state index contributed by atoms with van der Waals surface area (Å²) in [6.45, 7) is 9.74. The molecule has 28 heavy (non-hydrogen) atoms. The summed E-state index contributed by atoms with van der Waals surface area (Å²) in [5.41, 5.74) is 1.75. The minimum Gasteiger partial charge on any atom is -0.460 e. The highest BCUT2D eigenvalue weighted by Crippen LogP contribution is 2.26. The third-order valence-corrected chi connectivity index (χ3v) is 5.05. The fourth-order valence-corrected chi connectivity index (χ4v) is 3.33. The molecule has 0 aliphatic heterocycles. The third-order valence-electron chi connectivity index (χ3n) is 4.18. The maximum atomic E-state index is 13.1. The van der Waals surface area contributed by atoms with Crippen molar-refractivity contribution in [3.63, 3.8) is 0 Å². The lowest BCUT2D eigenvalue weighted by molar-refractivity contribution is 0.0938. The fourth-order valence-electron chi connectivity index (χ4n) is 2.63. The molecule has 1 aromatic carbocycles. The second-order valence-electron chi connectivity index (χ2n) is 7.28. The Morgan fingerprint density at radius 3 is 2.50 bits per heavy atom. The van der Waals surface area contributed by atoms with E-state index in [0.29, 0.717) is 31.2 Å². The van der Waals surface area contributed by atoms with Crippen LogP contribution in [0.2, 0.25) is 0 Å². The molecule has 0 saturated carbocycles. The zero-order chi connectivity index (χ0) is 20.1. The number of ether oxygens (including phenoxy) is 2. The molecule has 0 aliphatic rings. The first-order chi connectivity index (χ1) is 13.4. The Morgan fingerprint density at radius 2 is 1.89 bits per heavy atom. The molecule has 0 saturated heterocycles. The maximum Gasteiger partial charge on any atom is 0.336 e. The van der Waals surface area contributed by atoms with E-state index in [1.807, 2.05) is 48.7 Å². The van der Waals surface area contributed by atoms with Crippen LogP contribution in [0.25, 0.3) is 10.7 Å². The topological polar surface area (TPSA) is 66.2 Å². The van der Waals surface area contributed by atoms with Gasteiger partial charge >= 0.3 is 6.01 Å². The van der Waals surface area contributed by atoms with Crippen molar-refractivity contribution in [2.45, 2.75) is 33.1 Å². The van der Waals surface area contributed by atoms with E-state index in [4.69, 9.17) is 9.47 Å². The van der Waals surface area contributed by atoms with E-state index in [2.05, 4.69) is 30.9 Å². The van der Waals surface area contributed by atoms with Gasteiger partial charge in [0.1, 0.15) is 6.61 Å². The fraction of sp³-hybridized carbons (Fsp3) is 0.381. The molecule has 148 valence electrons. The van der Waals surface area contributed by atoms with E-state index in [9.17, 15) is 4.79 Å². The molecule has 0 bridgehead atoms. The van der Waals surface area contributed by atoms with Gasteiger partial charge in [-0.05, 0) is 41.5 Å². The number of carbonyl (C=O) groups is 1. The monoisotopic (exact) mass is 399 g/mol. The highest BCUT2D eigenvalue weighted by Gasteiger charge is 2.21. The molecule has 2 aromatic heterocycles. The number of carbonyl (C=O) groups excluding carboxylic acids is 1. The van der Waals surface area contributed by atoms with E-state index in [1.165, 1.54) is 21.6 Å². The molecule has 0 spiro atoms. The van der Waals surface area contributed by atoms with Crippen molar-refractivity contribution in [1.82, 2.24) is 14.8 Å². The molecule has 3 rings (SSSR count). The van der Waals surface area contributed by atoms with Gasteiger partial charge < -0.3 is 9.47 Å². The van der Waals surface area contributed by atoms with Gasteiger partial charge in [-0.15, -0.1) is 16.4 Å². The van der Waals surface area contributed by atoms with Gasteiger partial charge in [0.15, 0.2) is 5.82 Å². The number of nitrogens with zero attached hydrogens (tertiary/aromatic N) is 3. The van der Waals surface area contributed by atoms with Gasteiger partial charge in [0.25, 0.3) is 5.91 Å². The SMILES string of the molecule is CCOCCOc1nc(-c2cccs2)n(C(=O)c2ccc(C(C)(C)C)cc2)n1. The van der Waals surface area contributed by atoms with Crippen LogP contribution in [0.5, 0.6) is 6.01 Å². The predicted molar refractivity (Wildman–Crippen MR) is 110 cm³/mol. The largest absolute Gasteiger partial charge is 0.460 e. The summed E-state index contributed by atoms with van der Waals surface area (Å²) < 4.78 is 12.1. The van der Waals surface area contributed by atoms with Gasteiger partial charge in [-0.25, -0.2) is 0 Å². The number of hydrogen-bond acceptors (Lipinski definition) is 6. The van der Waals surface area contributed by atoms with Gasteiger partial charge in [0.2, 0.25) is 0 Å². The summed E-state index contributed by atoms with van der Waals surface area (Å²) in [5.74, 6) is 0.238. The molecule has 2 heterocycles. The van der Waals surface area contributed by atoms with Gasteiger partial charge in [-0.3, -0.25) is 4.79 Å². The highest BCUT2D eigenvalue weighted by atomic mass is 32.1. The van der Waals surface area contributed by atoms with Gasteiger partial charge in [0, 0.05) is 12.2 Å². The predicted octanol–water partition coefficient (Wildman–Crippen LogP) is 4.41. The zero-order valence-electron chi connectivity index (χ0n) is 16.6. The quantitative estimate of drug-likeness (QED) is 0.551. The molecule has 0 N–H and O–H groups in total. The first kappa shape index (κ1) is 20.2. The van der Waals surface area contributed by atoms with E-state index < -0.39 is 0 Å². The molecule has 0 aliphatic carbocycles. The van der Waals surface area contributed by atoms with Crippen LogP contribution in [0.3, 0.4) is 0 Å². The first-order valence-corrected chi connectivity index (χ1v) is 10.1. The van der Waals surface area contributed by atoms with Gasteiger partial charge in [-0.2, -0.15) is 9.67 Å². The molecule has 3 aromatic rings. The Labute approximate surface area is 169 Å². The lowest BCUT2D eigenvalue weighted by Gasteiger charge is -2.18. The lowest BCUT2D eigenvalue weighted by atomic mass is 9.87. The van der Waals surface area contributed by atoms with Crippen LogP contribution in [0.1, 0.15) is 43.6 Å². The Kier molecular flexibility index (Phi) is 6.26. The minimum atomic E-state index is -0.240. The smallest absolute Gasteiger partial charge is 0.336 e. The number of benzene rings is 1. The van der Waals surface area contributed by atoms with E-state index in [1.54, 1.807) is 0 Å². The van der Waals surface area contributed by atoms with E-state index in [0.717, 1.165) is 4.88 Å². The minimum absolute atomic E-state index is 0.0263. The summed E-state index contributed by atoms with van der Waals surface area (Å²) in [7, 11) is 0. The second kappa shape index (κ2) is 8.67. The summed E-state index contributed by atoms with van der Waals surface area (Å²) >= 11 is 1.50. The molecule has 0 fully saturated rings. The van der Waals surface area contributed by atoms with Crippen LogP contribution < -0.4 is 4.74 Å². The Hall–Kier alpha value is -2.51. The van der Waals surface area contributed by atoms with Crippen molar-refractivity contribution < 1.29 is 14.3 Å². The van der Waals surface area contributed by atoms with Crippen LogP contribution in [-0.2, 0) is 10.2 Å². The van der Waals surface area contributed by atoms with Crippen molar-refractivity contribution in [3.05, 3.63) is 52.9 Å². The molecule has 0 atom stereocenters. The molecule has 0 amide bonds. The molecule has 0 unspecified atom stereocenters. The summed E-state index contributed by atoms with van der Waals surface area (Å²) in [6.07, 6.45) is 0. The van der Waals surface area contributed by atoms with Crippen LogP contribution in [0.4, 0.5) is 0 Å². The van der Waals surface area contributed by atoms with E-state index >= 15 is 0 Å². The van der Waals surface area contributed by atoms with Crippen molar-refractivity contribution in [2.24, 2.45) is 0 Å². The van der Waals surface area contributed by atoms with Gasteiger partial charge in [-0.1, -0.05) is 39.0 Å². The van der Waals surface area contributed by atoms with Gasteiger partial charge in [0.05, 0.1) is 11.5 Å². The Bertz CT molecular complexity index is 910. The average molecular weight is 400 g/mol. The van der Waals surface area contributed by atoms with Crippen LogP contribution >= 0.6 is 11.3 Å². The standard InChI is InChI=1S/C21H25N3O3S/c1-5-26-12-13-27-20-22-18(17-7-6-14-28-17)24(23-20)19(25)15-8-10-16(11-9-15)21(2,3)4/h6-11,14H,5,12-13H2,1-4H3. The van der Waals surface area contributed by atoms with Crippen molar-refractivity contribution in [1.29, 1.82) is 0 Å². The van der Waals surface area contributed by atoms with Crippen LogP contribution in [0, 0.1) is 0 Å². The third kappa shape index (κ3) is 4.66. The normalized spacial score (nSPS) is 11.6. The van der Waals surface area contributed by atoms with E-state index in [-0.39, 0.29) is 17.3 Å². The van der Waals surface area contributed by atoms with Crippen molar-refractivity contribution in [2.75, 3.05) is 19.8 Å². The number of rotatable bonds is 7. The highest BCUT2D eigenvalue weighted by molar-refractivity contribution is 7.13. The number of hydrogen-bond donors (Lipinski definition) is 0. The first-order valence-electron chi connectivity index (χ1n) is 9.27. The van der Waals surface area contributed by atoms with Crippen molar-refractivity contribution in [3.8, 4) is 16.7 Å². The summed E-state index contributed by atoms with van der Waals surface area (Å²) in [6, 6.07) is 11.6. The molecule has 7 heteroatoms. The lowest BCUT2D eigenvalue weighted by Crippen LogP contribution is -2.16. The van der Waals surface area contributed by atoms with Crippen LogP contribution in [-0.4, -0.2) is 40.5 Å². The summed E-state index contributed by atoms with van der Waals surface area (Å²) in [4.78, 5) is 18.4. The second-order valence-corrected chi connectivity index (χ2v) is 8.23. The molecule has 6 nitrogen and oxygen atoms in total. The average Bonchev–Trinajstić information content (AvgIpc) is 3.33. The molecular weight excluding hydrogens is 374 g/mol. The van der Waals surface area contributed by atoms with Crippen molar-refractivity contribution >= 4 is 17.2 Å². The number of thiophene rings is 1. The Morgan fingerprint density at radius 1 is 1.14 bits per heavy atom. The summed E-state index contributed by atoms with van der Waals surface area (Å²) in [5, 5.41) is 6.23. The Balaban J connectivity index is 1.88. The maximum absolute atomic E-state index is 13.1.